The third-order valence-corrected chi connectivity index (χ3v) is 3.62. The van der Waals surface area contributed by atoms with Gasteiger partial charge >= 0.3 is 6.03 Å². The van der Waals surface area contributed by atoms with Crippen LogP contribution in [0.1, 0.15) is 50.1 Å². The van der Waals surface area contributed by atoms with Crippen molar-refractivity contribution in [2.45, 2.75) is 53.9 Å². The molecular weight excluding hydrogens is 441 g/mol. The summed E-state index contributed by atoms with van der Waals surface area (Å²) >= 11 is 0. The van der Waals surface area contributed by atoms with Crippen LogP contribution in [0.2, 0.25) is 0 Å². The second-order valence-electron chi connectivity index (χ2n) is 6.59. The number of halogens is 1. The van der Waals surface area contributed by atoms with Gasteiger partial charge in [-0.1, -0.05) is 26.0 Å². The number of nitrogens with zero attached hydrogens (tertiary/aromatic N) is 1. The first-order valence-corrected chi connectivity index (χ1v) is 10.4. The minimum Gasteiger partial charge on any atom is -0.481 e. The minimum atomic E-state index is -0.544. The Hall–Kier alpha value is -3.68. The summed E-state index contributed by atoms with van der Waals surface area (Å²) in [5.74, 6) is -0.426. The van der Waals surface area contributed by atoms with E-state index >= 15 is 0 Å². The highest BCUT2D eigenvalue weighted by molar-refractivity contribution is 5.99. The molecule has 0 saturated heterocycles. The SMILES string of the molecule is C#C.CC.CC(C)O.COC(=N)c1c(N)cc(NC(=O)NCc2ccc(F)c(C)c2)nc1CO. The number of pyridine rings is 1. The molecule has 0 spiro atoms. The zero-order valence-corrected chi connectivity index (χ0v) is 20.6. The molecule has 2 rings (SSSR count). The van der Waals surface area contributed by atoms with Gasteiger partial charge in [-0.3, -0.25) is 10.7 Å². The molecule has 2 aromatic rings. The van der Waals surface area contributed by atoms with Crippen molar-refractivity contribution in [1.29, 1.82) is 5.41 Å². The Morgan fingerprint density at radius 3 is 2.32 bits per heavy atom. The molecule has 0 atom stereocenters. The van der Waals surface area contributed by atoms with Gasteiger partial charge in [-0.2, -0.15) is 0 Å². The number of urea groups is 1. The highest BCUT2D eigenvalue weighted by atomic mass is 19.1. The molecule has 0 saturated carbocycles. The van der Waals surface area contributed by atoms with E-state index in [1.807, 2.05) is 13.8 Å². The molecule has 1 aromatic heterocycles. The molecule has 34 heavy (non-hydrogen) atoms. The maximum Gasteiger partial charge on any atom is 0.320 e. The molecule has 0 aliphatic rings. The molecule has 9 nitrogen and oxygen atoms in total. The molecule has 7 N–H and O–H groups in total. The van der Waals surface area contributed by atoms with Gasteiger partial charge in [0.25, 0.3) is 0 Å². The summed E-state index contributed by atoms with van der Waals surface area (Å²) in [5.41, 5.74) is 7.52. The van der Waals surface area contributed by atoms with Crippen molar-refractivity contribution < 1.29 is 24.1 Å². The number of nitrogen functional groups attached to an aromatic ring is 1. The predicted octanol–water partition coefficient (Wildman–Crippen LogP) is 3.56. The van der Waals surface area contributed by atoms with Gasteiger partial charge in [0.2, 0.25) is 5.90 Å². The largest absolute Gasteiger partial charge is 0.481 e. The molecular formula is C24H36FN5O4. The number of hydrogen-bond donors (Lipinski definition) is 6. The Kier molecular flexibility index (Phi) is 17.0. The van der Waals surface area contributed by atoms with Gasteiger partial charge in [0.15, 0.2) is 0 Å². The number of methoxy groups -OCH3 is 1. The number of aryl methyl sites for hydroxylation is 1. The molecule has 0 fully saturated rings. The highest BCUT2D eigenvalue weighted by Crippen LogP contribution is 2.21. The molecule has 1 aromatic carbocycles. The summed E-state index contributed by atoms with van der Waals surface area (Å²) in [6.07, 6.45) is 7.83. The van der Waals surface area contributed by atoms with E-state index in [1.54, 1.807) is 32.9 Å². The summed E-state index contributed by atoms with van der Waals surface area (Å²) in [6, 6.07) is 5.37. The lowest BCUT2D eigenvalue weighted by Gasteiger charge is -2.13. The first-order chi connectivity index (χ1) is 16.1. The Balaban J connectivity index is 0. The van der Waals surface area contributed by atoms with E-state index in [0.29, 0.717) is 5.56 Å². The van der Waals surface area contributed by atoms with Crippen LogP contribution in [-0.4, -0.2) is 40.3 Å². The number of hydrogen-bond acceptors (Lipinski definition) is 7. The standard InChI is InChI=1S/C17H20FN5O3.C3H8O.C2H6.C2H2/c1-9-5-10(3-4-11(9)18)7-21-17(25)23-14-6-12(19)15(16(20)26-2)13(8-24)22-14;1-3(2)4;2*1-2/h3-6,20,24H,7-8H2,1-2H3,(H4,19,21,22,23,25);3-4H,1-2H3;1-2H3;1-2H. The normalized spacial score (nSPS) is 9.18. The molecule has 10 heteroatoms. The Morgan fingerprint density at radius 1 is 1.29 bits per heavy atom. The summed E-state index contributed by atoms with van der Waals surface area (Å²) in [7, 11) is 1.31. The van der Waals surface area contributed by atoms with Gasteiger partial charge in [0, 0.05) is 24.4 Å². The van der Waals surface area contributed by atoms with Crippen molar-refractivity contribution >= 4 is 23.4 Å². The minimum absolute atomic E-state index is 0.112. The van der Waals surface area contributed by atoms with Crippen LogP contribution in [0.5, 0.6) is 0 Å². The summed E-state index contributed by atoms with van der Waals surface area (Å²) in [4.78, 5) is 16.1. The number of terminal acetylenes is 1. The van der Waals surface area contributed by atoms with Crippen LogP contribution >= 0.6 is 0 Å². The number of aliphatic hydroxyl groups excluding tert-OH is 2. The first kappa shape index (κ1) is 32.5. The number of aromatic nitrogens is 1. The Labute approximate surface area is 201 Å². The van der Waals surface area contributed by atoms with Crippen molar-refractivity contribution in [2.75, 3.05) is 18.2 Å². The van der Waals surface area contributed by atoms with Crippen LogP contribution < -0.4 is 16.4 Å². The van der Waals surface area contributed by atoms with E-state index in [9.17, 15) is 14.3 Å². The molecule has 0 aliphatic carbocycles. The zero-order chi connectivity index (χ0) is 26.8. The monoisotopic (exact) mass is 477 g/mol. The molecule has 2 amide bonds. The Bertz CT molecular complexity index is 930. The van der Waals surface area contributed by atoms with E-state index in [2.05, 4.69) is 28.5 Å². The third kappa shape index (κ3) is 11.8. The van der Waals surface area contributed by atoms with Crippen molar-refractivity contribution in [2.24, 2.45) is 0 Å². The topological polar surface area (TPSA) is 154 Å². The van der Waals surface area contributed by atoms with Crippen molar-refractivity contribution in [1.82, 2.24) is 10.3 Å². The van der Waals surface area contributed by atoms with Crippen LogP contribution in [0.4, 0.5) is 20.7 Å². The smallest absolute Gasteiger partial charge is 0.320 e. The lowest BCUT2D eigenvalue weighted by atomic mass is 10.1. The predicted molar refractivity (Wildman–Crippen MR) is 134 cm³/mol. The van der Waals surface area contributed by atoms with Gasteiger partial charge in [0.1, 0.15) is 11.6 Å². The van der Waals surface area contributed by atoms with Crippen LogP contribution in [-0.2, 0) is 17.9 Å². The van der Waals surface area contributed by atoms with Crippen molar-refractivity contribution in [3.05, 3.63) is 52.5 Å². The maximum absolute atomic E-state index is 13.2. The summed E-state index contributed by atoms with van der Waals surface area (Å²) in [6.45, 7) is 8.81. The number of carbonyl (C=O) groups excluding carboxylic acids is 1. The second-order valence-corrected chi connectivity index (χ2v) is 6.59. The first-order valence-electron chi connectivity index (χ1n) is 10.4. The lowest BCUT2D eigenvalue weighted by Crippen LogP contribution is -2.29. The van der Waals surface area contributed by atoms with Gasteiger partial charge < -0.3 is 26.0 Å². The van der Waals surface area contributed by atoms with E-state index in [0.717, 1.165) is 5.56 Å². The molecule has 0 bridgehead atoms. The number of carbonyl (C=O) groups is 1. The Morgan fingerprint density at radius 2 is 1.85 bits per heavy atom. The second kappa shape index (κ2) is 17.8. The van der Waals surface area contributed by atoms with Crippen LogP contribution in [0.3, 0.4) is 0 Å². The highest BCUT2D eigenvalue weighted by Gasteiger charge is 2.16. The number of nitrogens with two attached hydrogens (primary N) is 1. The number of amides is 2. The molecule has 1 heterocycles. The molecule has 188 valence electrons. The molecule has 0 radical (unpaired) electrons. The number of anilines is 2. The van der Waals surface area contributed by atoms with Crippen molar-refractivity contribution in [3.63, 3.8) is 0 Å². The van der Waals surface area contributed by atoms with Gasteiger partial charge in [0.05, 0.1) is 25.0 Å². The maximum atomic E-state index is 13.2. The summed E-state index contributed by atoms with van der Waals surface area (Å²) in [5, 5.41) is 30.3. The van der Waals surface area contributed by atoms with Gasteiger partial charge in [-0.25, -0.2) is 14.2 Å². The number of nitrogens with one attached hydrogen (secondary N) is 3. The average molecular weight is 478 g/mol. The number of benzene rings is 1. The third-order valence-electron chi connectivity index (χ3n) is 3.62. The van der Waals surface area contributed by atoms with E-state index in [1.165, 1.54) is 19.2 Å². The van der Waals surface area contributed by atoms with Crippen molar-refractivity contribution in [3.8, 4) is 12.8 Å². The fourth-order valence-electron chi connectivity index (χ4n) is 2.32. The zero-order valence-electron chi connectivity index (χ0n) is 20.6. The number of ether oxygens (including phenoxy) is 1. The van der Waals surface area contributed by atoms with E-state index in [-0.39, 0.29) is 47.1 Å². The van der Waals surface area contributed by atoms with Gasteiger partial charge in [-0.15, -0.1) is 12.8 Å². The van der Waals surface area contributed by atoms with E-state index in [4.69, 9.17) is 21.0 Å². The van der Waals surface area contributed by atoms with Crippen LogP contribution in [0, 0.1) is 31.0 Å². The van der Waals surface area contributed by atoms with Crippen LogP contribution in [0.25, 0.3) is 0 Å². The van der Waals surface area contributed by atoms with E-state index < -0.39 is 12.6 Å². The fourth-order valence-corrected chi connectivity index (χ4v) is 2.32. The average Bonchev–Trinajstić information content (AvgIpc) is 2.81. The lowest BCUT2D eigenvalue weighted by molar-refractivity contribution is 0.216. The number of aliphatic hydroxyl groups is 2. The van der Waals surface area contributed by atoms with Gasteiger partial charge in [-0.05, 0) is 38.0 Å². The molecule has 0 unspecified atom stereocenters. The number of rotatable bonds is 5. The fraction of sp³-hybridized carbons (Fsp3) is 0.375. The molecule has 0 aliphatic heterocycles. The van der Waals surface area contributed by atoms with Crippen LogP contribution in [0.15, 0.2) is 24.3 Å². The summed E-state index contributed by atoms with van der Waals surface area (Å²) < 4.78 is 18.1. The quantitative estimate of drug-likeness (QED) is 0.220.